The van der Waals surface area contributed by atoms with Crippen LogP contribution >= 0.6 is 11.3 Å². The third kappa shape index (κ3) is 2.97. The zero-order valence-electron chi connectivity index (χ0n) is 11.8. The lowest BCUT2D eigenvalue weighted by Crippen LogP contribution is -1.93. The third-order valence-electron chi connectivity index (χ3n) is 3.04. The van der Waals surface area contributed by atoms with Crippen LogP contribution in [-0.2, 0) is 0 Å². The lowest BCUT2D eigenvalue weighted by atomic mass is 10.2. The summed E-state index contributed by atoms with van der Waals surface area (Å²) in [5, 5.41) is 3.70. The molecule has 0 fully saturated rings. The second kappa shape index (κ2) is 5.69. The molecule has 0 saturated heterocycles. The van der Waals surface area contributed by atoms with Crippen LogP contribution in [0.25, 0.3) is 10.2 Å². The van der Waals surface area contributed by atoms with Crippen molar-refractivity contribution in [2.45, 2.75) is 13.8 Å². The molecule has 108 valence electrons. The number of thiazole rings is 1. The van der Waals surface area contributed by atoms with Crippen molar-refractivity contribution in [3.63, 3.8) is 0 Å². The smallest absolute Gasteiger partial charge is 0.188 e. The number of nitrogens with zero attached hydrogens (tertiary/aromatic N) is 1. The van der Waals surface area contributed by atoms with Gasteiger partial charge < -0.3 is 10.1 Å². The van der Waals surface area contributed by atoms with E-state index in [1.807, 2.05) is 38.1 Å². The van der Waals surface area contributed by atoms with E-state index >= 15 is 0 Å². The molecule has 0 unspecified atom stereocenters. The fourth-order valence-electron chi connectivity index (χ4n) is 2.05. The monoisotopic (exact) mass is 302 g/mol. The number of nitrogens with one attached hydrogen (secondary N) is 1. The molecule has 1 aromatic heterocycles. The van der Waals surface area contributed by atoms with Gasteiger partial charge >= 0.3 is 0 Å². The molecule has 0 aliphatic carbocycles. The molecule has 0 spiro atoms. The number of fused-ring (bicyclic) bond motifs is 1. The van der Waals surface area contributed by atoms with Gasteiger partial charge in [-0.2, -0.15) is 0 Å². The maximum Gasteiger partial charge on any atom is 0.188 e. The molecular formula is C16H15FN2OS. The Bertz CT molecular complexity index is 785. The summed E-state index contributed by atoms with van der Waals surface area (Å²) < 4.78 is 20.3. The molecule has 3 rings (SSSR count). The van der Waals surface area contributed by atoms with Crippen molar-refractivity contribution in [3.05, 3.63) is 47.8 Å². The van der Waals surface area contributed by atoms with Gasteiger partial charge in [-0.15, -0.1) is 0 Å². The van der Waals surface area contributed by atoms with E-state index in [1.165, 1.54) is 17.4 Å². The topological polar surface area (TPSA) is 34.1 Å². The van der Waals surface area contributed by atoms with Gasteiger partial charge in [-0.25, -0.2) is 9.37 Å². The number of aromatic nitrogens is 1. The molecule has 0 atom stereocenters. The Morgan fingerprint density at radius 1 is 1.24 bits per heavy atom. The van der Waals surface area contributed by atoms with Gasteiger partial charge in [0.15, 0.2) is 5.13 Å². The van der Waals surface area contributed by atoms with Crippen molar-refractivity contribution >= 4 is 32.4 Å². The third-order valence-corrected chi connectivity index (χ3v) is 3.97. The summed E-state index contributed by atoms with van der Waals surface area (Å²) in [6.45, 7) is 4.44. The van der Waals surface area contributed by atoms with E-state index in [0.717, 1.165) is 21.5 Å². The Hall–Kier alpha value is -2.14. The van der Waals surface area contributed by atoms with Crippen molar-refractivity contribution in [2.24, 2.45) is 0 Å². The minimum absolute atomic E-state index is 0.274. The van der Waals surface area contributed by atoms with Crippen LogP contribution in [0.5, 0.6) is 5.75 Å². The second-order valence-corrected chi connectivity index (χ2v) is 5.72. The SMILES string of the molecule is CCOc1ccc2nc(Nc3ccc(C)cc3F)sc2c1. The molecule has 0 radical (unpaired) electrons. The van der Waals surface area contributed by atoms with Crippen molar-refractivity contribution in [1.82, 2.24) is 4.98 Å². The number of ether oxygens (including phenoxy) is 1. The standard InChI is InChI=1S/C16H15FN2OS/c1-3-20-11-5-7-14-15(9-11)21-16(19-14)18-13-6-4-10(2)8-12(13)17/h4-9H,3H2,1-2H3,(H,18,19). The normalized spacial score (nSPS) is 10.8. The van der Waals surface area contributed by atoms with Gasteiger partial charge in [-0.1, -0.05) is 17.4 Å². The predicted octanol–water partition coefficient (Wildman–Crippen LogP) is 4.89. The van der Waals surface area contributed by atoms with Gasteiger partial charge in [0.25, 0.3) is 0 Å². The molecule has 21 heavy (non-hydrogen) atoms. The van der Waals surface area contributed by atoms with Gasteiger partial charge in [0.2, 0.25) is 0 Å². The summed E-state index contributed by atoms with van der Waals surface area (Å²) in [6, 6.07) is 10.8. The van der Waals surface area contributed by atoms with Crippen molar-refractivity contribution < 1.29 is 9.13 Å². The highest BCUT2D eigenvalue weighted by molar-refractivity contribution is 7.22. The van der Waals surface area contributed by atoms with Crippen LogP contribution in [0.4, 0.5) is 15.2 Å². The van der Waals surface area contributed by atoms with Crippen LogP contribution in [0, 0.1) is 12.7 Å². The molecule has 3 aromatic rings. The number of rotatable bonds is 4. The number of hydrogen-bond donors (Lipinski definition) is 1. The average molecular weight is 302 g/mol. The largest absolute Gasteiger partial charge is 0.494 e. The molecule has 3 nitrogen and oxygen atoms in total. The van der Waals surface area contributed by atoms with Gasteiger partial charge in [0, 0.05) is 0 Å². The highest BCUT2D eigenvalue weighted by atomic mass is 32.1. The van der Waals surface area contributed by atoms with Crippen LogP contribution in [0.3, 0.4) is 0 Å². The summed E-state index contributed by atoms with van der Waals surface area (Å²) in [5.74, 6) is 0.547. The highest BCUT2D eigenvalue weighted by Gasteiger charge is 2.08. The Morgan fingerprint density at radius 3 is 2.86 bits per heavy atom. The van der Waals surface area contributed by atoms with Crippen LogP contribution < -0.4 is 10.1 Å². The Morgan fingerprint density at radius 2 is 2.10 bits per heavy atom. The fourth-order valence-corrected chi connectivity index (χ4v) is 2.96. The van der Waals surface area contributed by atoms with Crippen molar-refractivity contribution in [2.75, 3.05) is 11.9 Å². The van der Waals surface area contributed by atoms with E-state index in [1.54, 1.807) is 6.07 Å². The molecule has 1 N–H and O–H groups in total. The minimum atomic E-state index is -0.274. The molecule has 0 bridgehead atoms. The molecule has 0 amide bonds. The van der Waals surface area contributed by atoms with Crippen LogP contribution in [0.15, 0.2) is 36.4 Å². The van der Waals surface area contributed by atoms with Gasteiger partial charge in [-0.3, -0.25) is 0 Å². The average Bonchev–Trinajstić information content (AvgIpc) is 2.84. The highest BCUT2D eigenvalue weighted by Crippen LogP contribution is 2.31. The molecule has 1 heterocycles. The number of benzene rings is 2. The number of aryl methyl sites for hydroxylation is 1. The number of anilines is 2. The van der Waals surface area contributed by atoms with E-state index in [9.17, 15) is 4.39 Å². The molecule has 0 saturated carbocycles. The Balaban J connectivity index is 1.90. The van der Waals surface area contributed by atoms with E-state index in [-0.39, 0.29) is 5.82 Å². The molecule has 2 aromatic carbocycles. The second-order valence-electron chi connectivity index (χ2n) is 4.69. The molecule has 0 aliphatic rings. The quantitative estimate of drug-likeness (QED) is 0.745. The van der Waals surface area contributed by atoms with Gasteiger partial charge in [0.1, 0.15) is 11.6 Å². The summed E-state index contributed by atoms with van der Waals surface area (Å²) in [4.78, 5) is 4.46. The van der Waals surface area contributed by atoms with Gasteiger partial charge in [0.05, 0.1) is 22.5 Å². The summed E-state index contributed by atoms with van der Waals surface area (Å²) >= 11 is 1.48. The number of hydrogen-bond acceptors (Lipinski definition) is 4. The first kappa shape index (κ1) is 13.8. The van der Waals surface area contributed by atoms with Crippen molar-refractivity contribution in [1.29, 1.82) is 0 Å². The number of halogens is 1. The van der Waals surface area contributed by atoms with Crippen LogP contribution in [-0.4, -0.2) is 11.6 Å². The lowest BCUT2D eigenvalue weighted by Gasteiger charge is -2.04. The van der Waals surface area contributed by atoms with E-state index < -0.39 is 0 Å². The Kier molecular flexibility index (Phi) is 3.75. The molecule has 5 heteroatoms. The maximum absolute atomic E-state index is 13.9. The molecule has 0 aliphatic heterocycles. The Labute approximate surface area is 126 Å². The summed E-state index contributed by atoms with van der Waals surface area (Å²) in [6.07, 6.45) is 0. The van der Waals surface area contributed by atoms with E-state index in [2.05, 4.69) is 10.3 Å². The zero-order valence-corrected chi connectivity index (χ0v) is 12.6. The van der Waals surface area contributed by atoms with Gasteiger partial charge in [-0.05, 0) is 49.7 Å². The minimum Gasteiger partial charge on any atom is -0.494 e. The van der Waals surface area contributed by atoms with E-state index in [4.69, 9.17) is 4.74 Å². The van der Waals surface area contributed by atoms with Crippen LogP contribution in [0.1, 0.15) is 12.5 Å². The fraction of sp³-hybridized carbons (Fsp3) is 0.188. The van der Waals surface area contributed by atoms with Crippen LogP contribution in [0.2, 0.25) is 0 Å². The summed E-state index contributed by atoms with van der Waals surface area (Å²) in [7, 11) is 0. The zero-order chi connectivity index (χ0) is 14.8. The molecular weight excluding hydrogens is 287 g/mol. The first-order valence-corrected chi connectivity index (χ1v) is 7.54. The maximum atomic E-state index is 13.9. The lowest BCUT2D eigenvalue weighted by molar-refractivity contribution is 0.341. The summed E-state index contributed by atoms with van der Waals surface area (Å²) in [5.41, 5.74) is 2.20. The predicted molar refractivity (Wildman–Crippen MR) is 85.2 cm³/mol. The van der Waals surface area contributed by atoms with E-state index in [0.29, 0.717) is 17.4 Å². The van der Waals surface area contributed by atoms with Crippen molar-refractivity contribution in [3.8, 4) is 5.75 Å². The first-order valence-electron chi connectivity index (χ1n) is 6.72. The first-order chi connectivity index (χ1) is 10.2.